The molecule has 0 spiro atoms. The average Bonchev–Trinajstić information content (AvgIpc) is 3.45. The van der Waals surface area contributed by atoms with Crippen molar-refractivity contribution >= 4 is 23.2 Å². The number of halogens is 3. The Balaban J connectivity index is 1.46. The van der Waals surface area contributed by atoms with E-state index in [2.05, 4.69) is 15.7 Å². The van der Waals surface area contributed by atoms with Crippen molar-refractivity contribution in [3.63, 3.8) is 0 Å². The zero-order valence-electron chi connectivity index (χ0n) is 17.2. The van der Waals surface area contributed by atoms with Crippen LogP contribution >= 0.6 is 0 Å². The third-order valence-corrected chi connectivity index (χ3v) is 4.82. The number of anilines is 2. The number of hydrogen-bond donors (Lipinski definition) is 2. The second-order valence-corrected chi connectivity index (χ2v) is 7.07. The van der Waals surface area contributed by atoms with Gasteiger partial charge in [0.05, 0.1) is 35.0 Å². The summed E-state index contributed by atoms with van der Waals surface area (Å²) in [5, 5.41) is 9.44. The lowest BCUT2D eigenvalue weighted by molar-refractivity contribution is -0.137. The van der Waals surface area contributed by atoms with E-state index in [1.165, 1.54) is 35.3 Å². The summed E-state index contributed by atoms with van der Waals surface area (Å²) in [6.07, 6.45) is -1.80. The van der Waals surface area contributed by atoms with Crippen LogP contribution in [0.1, 0.15) is 32.2 Å². The quantitative estimate of drug-likeness (QED) is 0.429. The number of carbonyl (C=O) groups excluding carboxylic acids is 2. The lowest BCUT2D eigenvalue weighted by Crippen LogP contribution is -2.14. The molecule has 4 rings (SSSR count). The van der Waals surface area contributed by atoms with Crippen LogP contribution in [0.3, 0.4) is 0 Å². The van der Waals surface area contributed by atoms with Crippen molar-refractivity contribution in [2.75, 3.05) is 10.6 Å². The Kier molecular flexibility index (Phi) is 5.74. The van der Waals surface area contributed by atoms with Gasteiger partial charge in [0.2, 0.25) is 0 Å². The fourth-order valence-electron chi connectivity index (χ4n) is 3.14. The van der Waals surface area contributed by atoms with Crippen molar-refractivity contribution in [2.24, 2.45) is 0 Å². The molecule has 0 aliphatic carbocycles. The molecular weight excluding hydrogens is 437 g/mol. The summed E-state index contributed by atoms with van der Waals surface area (Å²) in [5.41, 5.74) is 0.945. The fourth-order valence-corrected chi connectivity index (χ4v) is 3.14. The average molecular weight is 454 g/mol. The van der Waals surface area contributed by atoms with E-state index < -0.39 is 23.6 Å². The first kappa shape index (κ1) is 21.9. The molecule has 2 aromatic heterocycles. The highest BCUT2D eigenvalue weighted by atomic mass is 19.4. The van der Waals surface area contributed by atoms with Crippen molar-refractivity contribution in [1.29, 1.82) is 0 Å². The summed E-state index contributed by atoms with van der Waals surface area (Å²) >= 11 is 0. The molecule has 4 aromatic rings. The van der Waals surface area contributed by atoms with Gasteiger partial charge in [0.15, 0.2) is 5.76 Å². The Morgan fingerprint density at radius 3 is 2.21 bits per heavy atom. The molecule has 0 aliphatic rings. The van der Waals surface area contributed by atoms with Crippen molar-refractivity contribution in [3.8, 4) is 5.69 Å². The van der Waals surface area contributed by atoms with Gasteiger partial charge in [-0.3, -0.25) is 9.59 Å². The summed E-state index contributed by atoms with van der Waals surface area (Å²) < 4.78 is 45.3. The van der Waals surface area contributed by atoms with Crippen LogP contribution in [0.25, 0.3) is 5.69 Å². The second kappa shape index (κ2) is 8.65. The number of aromatic nitrogens is 2. The van der Waals surface area contributed by atoms with Gasteiger partial charge >= 0.3 is 6.18 Å². The van der Waals surface area contributed by atoms with Gasteiger partial charge in [-0.1, -0.05) is 6.07 Å². The van der Waals surface area contributed by atoms with Crippen molar-refractivity contribution in [1.82, 2.24) is 9.78 Å². The molecule has 7 nitrogen and oxygen atoms in total. The number of rotatable bonds is 5. The van der Waals surface area contributed by atoms with E-state index in [-0.39, 0.29) is 17.0 Å². The molecule has 0 radical (unpaired) electrons. The smallest absolute Gasteiger partial charge is 0.416 e. The summed E-state index contributed by atoms with van der Waals surface area (Å²) in [6.45, 7) is 1.59. The van der Waals surface area contributed by atoms with Gasteiger partial charge in [-0.05, 0) is 61.5 Å². The molecule has 33 heavy (non-hydrogen) atoms. The van der Waals surface area contributed by atoms with Crippen LogP contribution in [0.15, 0.2) is 77.5 Å². The van der Waals surface area contributed by atoms with Crippen molar-refractivity contribution < 1.29 is 27.2 Å². The standard InChI is InChI=1S/C23H17F3N4O3/c1-14-19(13-27-30(14)18-5-2-4-15(12-18)23(24,25)26)21(31)28-16-7-9-17(10-8-16)29-22(32)20-6-3-11-33-20/h2-13H,1H3,(H,28,31)(H,29,32). The molecular formula is C23H17F3N4O3. The number of furan rings is 1. The minimum atomic E-state index is -4.49. The lowest BCUT2D eigenvalue weighted by Gasteiger charge is -2.10. The molecule has 2 aromatic carbocycles. The largest absolute Gasteiger partial charge is 0.459 e. The van der Waals surface area contributed by atoms with Crippen LogP contribution < -0.4 is 10.6 Å². The molecule has 2 N–H and O–H groups in total. The maximum Gasteiger partial charge on any atom is 0.416 e. The first-order valence-corrected chi connectivity index (χ1v) is 9.71. The summed E-state index contributed by atoms with van der Waals surface area (Å²) in [5.74, 6) is -0.715. The highest BCUT2D eigenvalue weighted by molar-refractivity contribution is 6.05. The highest BCUT2D eigenvalue weighted by Gasteiger charge is 2.30. The van der Waals surface area contributed by atoms with Crippen LogP contribution in [0.5, 0.6) is 0 Å². The molecule has 168 valence electrons. The number of alkyl halides is 3. The van der Waals surface area contributed by atoms with Crippen LogP contribution in [0.4, 0.5) is 24.5 Å². The highest BCUT2D eigenvalue weighted by Crippen LogP contribution is 2.30. The molecule has 0 fully saturated rings. The van der Waals surface area contributed by atoms with Gasteiger partial charge in [-0.25, -0.2) is 4.68 Å². The minimum absolute atomic E-state index is 0.167. The van der Waals surface area contributed by atoms with E-state index in [0.717, 1.165) is 12.1 Å². The normalized spacial score (nSPS) is 11.3. The van der Waals surface area contributed by atoms with Crippen molar-refractivity contribution in [3.05, 3.63) is 95.7 Å². The molecule has 0 unspecified atom stereocenters. The van der Waals surface area contributed by atoms with Gasteiger partial charge in [0.1, 0.15) is 0 Å². The molecule has 2 heterocycles. The van der Waals surface area contributed by atoms with Gasteiger partial charge < -0.3 is 15.1 Å². The number of hydrogen-bond acceptors (Lipinski definition) is 4. The summed E-state index contributed by atoms with van der Waals surface area (Å²) in [4.78, 5) is 24.7. The number of amides is 2. The number of nitrogens with zero attached hydrogens (tertiary/aromatic N) is 2. The number of benzene rings is 2. The SMILES string of the molecule is Cc1c(C(=O)Nc2ccc(NC(=O)c3ccco3)cc2)cnn1-c1cccc(C(F)(F)F)c1. The predicted octanol–water partition coefficient (Wildman–Crippen LogP) is 5.30. The van der Waals surface area contributed by atoms with Crippen LogP contribution in [-0.4, -0.2) is 21.6 Å². The first-order valence-electron chi connectivity index (χ1n) is 9.71. The van der Waals surface area contributed by atoms with Gasteiger partial charge in [0.25, 0.3) is 11.8 Å². The minimum Gasteiger partial charge on any atom is -0.459 e. The Morgan fingerprint density at radius 2 is 1.61 bits per heavy atom. The van der Waals surface area contributed by atoms with E-state index in [4.69, 9.17) is 4.42 Å². The zero-order chi connectivity index (χ0) is 23.6. The third kappa shape index (κ3) is 4.79. The Morgan fingerprint density at radius 1 is 0.939 bits per heavy atom. The molecule has 2 amide bonds. The van der Waals surface area contributed by atoms with Gasteiger partial charge in [-0.15, -0.1) is 0 Å². The van der Waals surface area contributed by atoms with Gasteiger partial charge in [-0.2, -0.15) is 18.3 Å². The first-order chi connectivity index (χ1) is 15.7. The molecule has 0 aliphatic heterocycles. The molecule has 0 bridgehead atoms. The van der Waals surface area contributed by atoms with E-state index in [1.807, 2.05) is 0 Å². The Hall–Kier alpha value is -4.34. The van der Waals surface area contributed by atoms with Crippen LogP contribution in [-0.2, 0) is 6.18 Å². The maximum atomic E-state index is 13.0. The number of nitrogens with one attached hydrogen (secondary N) is 2. The molecule has 0 atom stereocenters. The van der Waals surface area contributed by atoms with E-state index >= 15 is 0 Å². The monoisotopic (exact) mass is 454 g/mol. The molecule has 0 saturated heterocycles. The summed E-state index contributed by atoms with van der Waals surface area (Å²) in [6, 6.07) is 14.2. The summed E-state index contributed by atoms with van der Waals surface area (Å²) in [7, 11) is 0. The van der Waals surface area contributed by atoms with E-state index in [0.29, 0.717) is 17.1 Å². The van der Waals surface area contributed by atoms with Crippen LogP contribution in [0, 0.1) is 6.92 Å². The Bertz CT molecular complexity index is 1290. The van der Waals surface area contributed by atoms with Crippen LogP contribution in [0.2, 0.25) is 0 Å². The second-order valence-electron chi connectivity index (χ2n) is 7.07. The van der Waals surface area contributed by atoms with E-state index in [9.17, 15) is 22.8 Å². The zero-order valence-corrected chi connectivity index (χ0v) is 17.2. The van der Waals surface area contributed by atoms with Gasteiger partial charge in [0, 0.05) is 11.4 Å². The third-order valence-electron chi connectivity index (χ3n) is 4.82. The Labute approximate surface area is 185 Å². The molecule has 0 saturated carbocycles. The van der Waals surface area contributed by atoms with Crippen molar-refractivity contribution in [2.45, 2.75) is 13.1 Å². The lowest BCUT2D eigenvalue weighted by atomic mass is 10.2. The number of carbonyl (C=O) groups is 2. The van der Waals surface area contributed by atoms with E-state index in [1.54, 1.807) is 37.3 Å². The maximum absolute atomic E-state index is 13.0. The topological polar surface area (TPSA) is 89.2 Å². The fraction of sp³-hybridized carbons (Fsp3) is 0.0870. The molecule has 10 heteroatoms. The predicted molar refractivity (Wildman–Crippen MR) is 114 cm³/mol.